The van der Waals surface area contributed by atoms with Crippen molar-refractivity contribution in [2.75, 3.05) is 11.1 Å². The normalized spacial score (nSPS) is 13.2. The summed E-state index contributed by atoms with van der Waals surface area (Å²) in [6.07, 6.45) is 2.45. The maximum Gasteiger partial charge on any atom is 0.253 e. The molecule has 1 aliphatic rings. The summed E-state index contributed by atoms with van der Waals surface area (Å²) < 4.78 is 58.7. The zero-order valence-corrected chi connectivity index (χ0v) is 17.1. The molecule has 1 aliphatic carbocycles. The highest BCUT2D eigenvalue weighted by Gasteiger charge is 2.28. The highest BCUT2D eigenvalue weighted by Crippen LogP contribution is 2.32. The molecule has 3 aromatic rings. The van der Waals surface area contributed by atoms with Gasteiger partial charge in [-0.05, 0) is 60.7 Å². The molecule has 166 valence electrons. The summed E-state index contributed by atoms with van der Waals surface area (Å²) in [6.45, 7) is 1.68. The van der Waals surface area contributed by atoms with E-state index in [1.54, 1.807) is 13.0 Å². The second-order valence-electron chi connectivity index (χ2n) is 7.79. The minimum Gasteiger partial charge on any atom is -0.381 e. The Bertz CT molecular complexity index is 1210. The van der Waals surface area contributed by atoms with Crippen molar-refractivity contribution in [1.82, 2.24) is 10.3 Å². The molecular formula is C23H20F4N4O. The Labute approximate surface area is 181 Å². The van der Waals surface area contributed by atoms with Crippen LogP contribution in [0.25, 0.3) is 0 Å². The van der Waals surface area contributed by atoms with Crippen LogP contribution in [0.3, 0.4) is 0 Å². The number of aryl methyl sites for hydroxylation is 1. The third-order valence-corrected chi connectivity index (χ3v) is 5.20. The molecular weight excluding hydrogens is 424 g/mol. The number of nitrogens with zero attached hydrogens (tertiary/aromatic N) is 1. The largest absolute Gasteiger partial charge is 0.381 e. The lowest BCUT2D eigenvalue weighted by atomic mass is 9.99. The fourth-order valence-corrected chi connectivity index (χ4v) is 3.30. The number of carbonyl (C=O) groups excluding carboxylic acids is 1. The standard InChI is InChI=1S/C23H20F4N4O/c1-11-2-5-17(16(24)8-11)31-21-15(23(32)30-14-3-4-14)10-13(18(25)20(21)27)9-12-6-7-29-22(28)19(12)26/h2,5-8,10,14,31H,3-4,9H2,1H3,(H2,28,29)(H,30,32). The minimum atomic E-state index is -1.37. The Morgan fingerprint density at radius 2 is 1.81 bits per heavy atom. The number of carbonyl (C=O) groups is 1. The van der Waals surface area contributed by atoms with Gasteiger partial charge in [-0.2, -0.15) is 0 Å². The van der Waals surface area contributed by atoms with Crippen molar-refractivity contribution in [1.29, 1.82) is 0 Å². The average molecular weight is 444 g/mol. The summed E-state index contributed by atoms with van der Waals surface area (Å²) in [4.78, 5) is 16.4. The number of amides is 1. The van der Waals surface area contributed by atoms with Gasteiger partial charge < -0.3 is 16.4 Å². The van der Waals surface area contributed by atoms with Crippen molar-refractivity contribution < 1.29 is 22.4 Å². The van der Waals surface area contributed by atoms with E-state index in [4.69, 9.17) is 5.73 Å². The van der Waals surface area contributed by atoms with Crippen molar-refractivity contribution in [2.45, 2.75) is 32.2 Å². The number of nitrogens with two attached hydrogens (primary N) is 1. The quantitative estimate of drug-likeness (QED) is 0.479. The zero-order valence-electron chi connectivity index (χ0n) is 17.1. The van der Waals surface area contributed by atoms with E-state index >= 15 is 4.39 Å². The monoisotopic (exact) mass is 444 g/mol. The van der Waals surface area contributed by atoms with Crippen LogP contribution in [0, 0.1) is 30.2 Å². The maximum atomic E-state index is 15.1. The van der Waals surface area contributed by atoms with Gasteiger partial charge in [0, 0.05) is 18.7 Å². The van der Waals surface area contributed by atoms with E-state index in [2.05, 4.69) is 15.6 Å². The van der Waals surface area contributed by atoms with Crippen LogP contribution in [0.5, 0.6) is 0 Å². The van der Waals surface area contributed by atoms with E-state index < -0.39 is 34.9 Å². The molecule has 2 aromatic carbocycles. The molecule has 0 saturated heterocycles. The van der Waals surface area contributed by atoms with Crippen molar-refractivity contribution in [3.8, 4) is 0 Å². The third kappa shape index (κ3) is 4.37. The number of hydrogen-bond donors (Lipinski definition) is 3. The van der Waals surface area contributed by atoms with Crippen LogP contribution in [-0.4, -0.2) is 16.9 Å². The van der Waals surface area contributed by atoms with E-state index in [1.165, 1.54) is 24.4 Å². The number of nitrogen functional groups attached to an aromatic ring is 1. The topological polar surface area (TPSA) is 80.0 Å². The summed E-state index contributed by atoms with van der Waals surface area (Å²) in [5, 5.41) is 5.22. The molecule has 1 heterocycles. The fraction of sp³-hybridized carbons (Fsp3) is 0.217. The van der Waals surface area contributed by atoms with Crippen molar-refractivity contribution in [3.63, 3.8) is 0 Å². The van der Waals surface area contributed by atoms with Gasteiger partial charge in [-0.1, -0.05) is 6.07 Å². The average Bonchev–Trinajstić information content (AvgIpc) is 3.56. The number of hydrogen-bond acceptors (Lipinski definition) is 4. The molecule has 32 heavy (non-hydrogen) atoms. The molecule has 1 fully saturated rings. The van der Waals surface area contributed by atoms with Gasteiger partial charge in [0.25, 0.3) is 5.91 Å². The van der Waals surface area contributed by atoms with Crippen LogP contribution >= 0.6 is 0 Å². The van der Waals surface area contributed by atoms with Crippen molar-refractivity contribution in [2.24, 2.45) is 0 Å². The molecule has 4 rings (SSSR count). The molecule has 5 nitrogen and oxygen atoms in total. The Hall–Kier alpha value is -3.62. The molecule has 0 aliphatic heterocycles. The number of aromatic nitrogens is 1. The van der Waals surface area contributed by atoms with Crippen molar-refractivity contribution in [3.05, 3.63) is 82.1 Å². The van der Waals surface area contributed by atoms with Crippen LogP contribution < -0.4 is 16.4 Å². The molecule has 0 unspecified atom stereocenters. The van der Waals surface area contributed by atoms with Crippen LogP contribution in [0.4, 0.5) is 34.8 Å². The summed E-state index contributed by atoms with van der Waals surface area (Å²) in [5.74, 6) is -5.19. The Morgan fingerprint density at radius 3 is 2.50 bits per heavy atom. The van der Waals surface area contributed by atoms with Crippen LogP contribution in [0.15, 0.2) is 36.5 Å². The minimum absolute atomic E-state index is 0.00496. The first kappa shape index (κ1) is 21.6. The molecule has 4 N–H and O–H groups in total. The number of anilines is 3. The molecule has 0 atom stereocenters. The number of nitrogens with one attached hydrogen (secondary N) is 2. The second-order valence-corrected chi connectivity index (χ2v) is 7.79. The van der Waals surface area contributed by atoms with Crippen LogP contribution in [0.2, 0.25) is 0 Å². The van der Waals surface area contributed by atoms with E-state index in [9.17, 15) is 18.0 Å². The van der Waals surface area contributed by atoms with Gasteiger partial charge in [-0.25, -0.2) is 22.5 Å². The van der Waals surface area contributed by atoms with Gasteiger partial charge in [0.05, 0.1) is 16.9 Å². The van der Waals surface area contributed by atoms with Crippen LogP contribution in [-0.2, 0) is 6.42 Å². The van der Waals surface area contributed by atoms with Gasteiger partial charge in [-0.3, -0.25) is 4.79 Å². The van der Waals surface area contributed by atoms with Gasteiger partial charge in [0.1, 0.15) is 5.82 Å². The molecule has 1 aromatic heterocycles. The Morgan fingerprint density at radius 1 is 1.06 bits per heavy atom. The first-order chi connectivity index (χ1) is 15.2. The first-order valence-electron chi connectivity index (χ1n) is 9.98. The van der Waals surface area contributed by atoms with Gasteiger partial charge in [0.15, 0.2) is 23.3 Å². The third-order valence-electron chi connectivity index (χ3n) is 5.20. The smallest absolute Gasteiger partial charge is 0.253 e. The van der Waals surface area contributed by atoms with E-state index in [-0.39, 0.29) is 40.7 Å². The highest BCUT2D eigenvalue weighted by molar-refractivity contribution is 6.01. The number of rotatable bonds is 6. The highest BCUT2D eigenvalue weighted by atomic mass is 19.2. The molecule has 0 radical (unpaired) electrons. The maximum absolute atomic E-state index is 15.1. The van der Waals surface area contributed by atoms with Gasteiger partial charge >= 0.3 is 0 Å². The Balaban J connectivity index is 1.78. The number of halogens is 4. The lowest BCUT2D eigenvalue weighted by molar-refractivity contribution is 0.0951. The summed E-state index contributed by atoms with van der Waals surface area (Å²) in [5.41, 5.74) is 5.01. The lowest BCUT2D eigenvalue weighted by Gasteiger charge is -2.17. The molecule has 1 amide bonds. The van der Waals surface area contributed by atoms with Crippen molar-refractivity contribution >= 4 is 23.1 Å². The lowest BCUT2D eigenvalue weighted by Crippen LogP contribution is -2.27. The fourth-order valence-electron chi connectivity index (χ4n) is 3.30. The summed E-state index contributed by atoms with van der Waals surface area (Å²) in [6, 6.07) is 6.57. The molecule has 0 spiro atoms. The van der Waals surface area contributed by atoms with Crippen LogP contribution in [0.1, 0.15) is 39.9 Å². The van der Waals surface area contributed by atoms with E-state index in [0.717, 1.165) is 18.9 Å². The Kier molecular flexibility index (Phi) is 5.73. The SMILES string of the molecule is Cc1ccc(Nc2c(C(=O)NC3CC3)cc(Cc3ccnc(N)c3F)c(F)c2F)c(F)c1. The number of pyridine rings is 1. The summed E-state index contributed by atoms with van der Waals surface area (Å²) in [7, 11) is 0. The van der Waals surface area contributed by atoms with Gasteiger partial charge in [-0.15, -0.1) is 0 Å². The molecule has 1 saturated carbocycles. The zero-order chi connectivity index (χ0) is 23.0. The number of benzene rings is 2. The molecule has 9 heteroatoms. The summed E-state index contributed by atoms with van der Waals surface area (Å²) >= 11 is 0. The van der Waals surface area contributed by atoms with Gasteiger partial charge in [0.2, 0.25) is 0 Å². The van der Waals surface area contributed by atoms with E-state index in [0.29, 0.717) is 5.56 Å². The second kappa shape index (κ2) is 8.49. The molecule has 0 bridgehead atoms. The predicted molar refractivity (Wildman–Crippen MR) is 113 cm³/mol. The predicted octanol–water partition coefficient (Wildman–Crippen LogP) is 4.76. The van der Waals surface area contributed by atoms with E-state index in [1.807, 2.05) is 0 Å². The first-order valence-corrected chi connectivity index (χ1v) is 9.98.